The monoisotopic (exact) mass is 329 g/mol. The van der Waals surface area contributed by atoms with Gasteiger partial charge in [0.1, 0.15) is 5.82 Å². The maximum atomic E-state index is 11.7. The van der Waals surface area contributed by atoms with Crippen LogP contribution in [-0.4, -0.2) is 42.9 Å². The molecule has 1 fully saturated rings. The van der Waals surface area contributed by atoms with Crippen molar-refractivity contribution in [1.29, 1.82) is 0 Å². The summed E-state index contributed by atoms with van der Waals surface area (Å²) in [7, 11) is 1.88. The van der Waals surface area contributed by atoms with Crippen LogP contribution >= 0.6 is 0 Å². The molecule has 2 N–H and O–H groups in total. The van der Waals surface area contributed by atoms with Crippen molar-refractivity contribution in [3.8, 4) is 11.4 Å². The highest BCUT2D eigenvalue weighted by Gasteiger charge is 2.33. The van der Waals surface area contributed by atoms with Crippen molar-refractivity contribution in [2.75, 3.05) is 0 Å². The largest absolute Gasteiger partial charge is 0.391 e. The molecule has 0 aliphatic heterocycles. The number of aliphatic hydroxyl groups is 1. The van der Waals surface area contributed by atoms with Crippen LogP contribution in [-0.2, 0) is 11.8 Å². The smallest absolute Gasteiger partial charge is 0.220 e. The Morgan fingerprint density at radius 3 is 3.00 bits per heavy atom. The molecule has 7 heteroatoms. The molecule has 2 aromatic rings. The van der Waals surface area contributed by atoms with Crippen LogP contribution in [0.5, 0.6) is 0 Å². The standard InChI is InChI=1S/C17H23N5O2/c1-3-15(24)19-13-9-11(6-7-14(13)23)17-20-16(21-22(17)2)12-5-4-8-18-10-12/h4-5,8,10-11,13-14,23H,3,6-7,9H2,1-2H3,(H,19,24)/t11-,13+,14+/m0/s1. The van der Waals surface area contributed by atoms with Gasteiger partial charge in [0.2, 0.25) is 5.91 Å². The minimum absolute atomic E-state index is 0.0336. The maximum absolute atomic E-state index is 11.7. The van der Waals surface area contributed by atoms with Gasteiger partial charge >= 0.3 is 0 Å². The Labute approximate surface area is 141 Å². The lowest BCUT2D eigenvalue weighted by atomic mass is 9.83. The molecule has 2 heterocycles. The lowest BCUT2D eigenvalue weighted by Crippen LogP contribution is -2.46. The van der Waals surface area contributed by atoms with Crippen LogP contribution in [0.25, 0.3) is 11.4 Å². The summed E-state index contributed by atoms with van der Waals surface area (Å²) in [6.07, 6.45) is 5.54. The summed E-state index contributed by atoms with van der Waals surface area (Å²) in [6, 6.07) is 3.56. The van der Waals surface area contributed by atoms with E-state index in [0.717, 1.165) is 17.8 Å². The highest BCUT2D eigenvalue weighted by atomic mass is 16.3. The van der Waals surface area contributed by atoms with Crippen molar-refractivity contribution in [2.45, 2.75) is 50.7 Å². The van der Waals surface area contributed by atoms with Crippen LogP contribution < -0.4 is 5.32 Å². The summed E-state index contributed by atoms with van der Waals surface area (Å²) in [4.78, 5) is 20.4. The third-order valence-electron chi connectivity index (χ3n) is 4.56. The Kier molecular flexibility index (Phi) is 4.89. The number of hydrogen-bond acceptors (Lipinski definition) is 5. The Balaban J connectivity index is 1.79. The van der Waals surface area contributed by atoms with E-state index in [2.05, 4.69) is 20.4 Å². The van der Waals surface area contributed by atoms with Gasteiger partial charge in [0.15, 0.2) is 5.82 Å². The highest BCUT2D eigenvalue weighted by Crippen LogP contribution is 2.33. The van der Waals surface area contributed by atoms with Gasteiger partial charge in [0, 0.05) is 37.3 Å². The molecule has 1 aliphatic carbocycles. The van der Waals surface area contributed by atoms with Gasteiger partial charge in [0.25, 0.3) is 0 Å². The first-order chi connectivity index (χ1) is 11.6. The predicted molar refractivity (Wildman–Crippen MR) is 89.1 cm³/mol. The van der Waals surface area contributed by atoms with E-state index in [0.29, 0.717) is 25.1 Å². The Morgan fingerprint density at radius 1 is 1.46 bits per heavy atom. The van der Waals surface area contributed by atoms with E-state index >= 15 is 0 Å². The van der Waals surface area contributed by atoms with Crippen LogP contribution in [0.1, 0.15) is 44.3 Å². The van der Waals surface area contributed by atoms with Crippen LogP contribution in [0.3, 0.4) is 0 Å². The number of pyridine rings is 1. The number of nitrogens with zero attached hydrogens (tertiary/aromatic N) is 4. The van der Waals surface area contributed by atoms with Crippen molar-refractivity contribution in [1.82, 2.24) is 25.1 Å². The minimum atomic E-state index is -0.497. The first-order valence-electron chi connectivity index (χ1n) is 8.37. The predicted octanol–water partition coefficient (Wildman–Crippen LogP) is 1.40. The number of amides is 1. The number of hydrogen-bond donors (Lipinski definition) is 2. The summed E-state index contributed by atoms with van der Waals surface area (Å²) in [5.74, 6) is 1.67. The van der Waals surface area contributed by atoms with Gasteiger partial charge in [-0.05, 0) is 31.4 Å². The first kappa shape index (κ1) is 16.6. The molecule has 7 nitrogen and oxygen atoms in total. The van der Waals surface area contributed by atoms with Gasteiger partial charge in [-0.3, -0.25) is 14.5 Å². The molecule has 0 radical (unpaired) electrons. The molecule has 0 saturated heterocycles. The van der Waals surface area contributed by atoms with Crippen molar-refractivity contribution in [3.05, 3.63) is 30.4 Å². The molecule has 1 saturated carbocycles. The topological polar surface area (TPSA) is 92.9 Å². The second-order valence-electron chi connectivity index (χ2n) is 6.26. The summed E-state index contributed by atoms with van der Waals surface area (Å²) in [6.45, 7) is 1.81. The van der Waals surface area contributed by atoms with E-state index in [1.54, 1.807) is 17.1 Å². The van der Waals surface area contributed by atoms with E-state index < -0.39 is 6.10 Å². The summed E-state index contributed by atoms with van der Waals surface area (Å²) in [5, 5.41) is 17.6. The number of aliphatic hydroxyl groups excluding tert-OH is 1. The van der Waals surface area contributed by atoms with E-state index in [4.69, 9.17) is 0 Å². The molecule has 3 rings (SSSR count). The van der Waals surface area contributed by atoms with Gasteiger partial charge in [-0.15, -0.1) is 0 Å². The normalized spacial score (nSPS) is 23.9. The third kappa shape index (κ3) is 3.46. The average molecular weight is 329 g/mol. The second-order valence-corrected chi connectivity index (χ2v) is 6.26. The Bertz CT molecular complexity index is 700. The summed E-state index contributed by atoms with van der Waals surface area (Å²) in [5.41, 5.74) is 0.881. The lowest BCUT2D eigenvalue weighted by molar-refractivity contribution is -0.122. The molecule has 0 aromatic carbocycles. The van der Waals surface area contributed by atoms with Gasteiger partial charge in [-0.1, -0.05) is 6.92 Å². The molecule has 0 spiro atoms. The molecular formula is C17H23N5O2. The SMILES string of the molecule is CCC(=O)N[C@@H]1C[C@@H](c2nc(-c3cccnc3)nn2C)CC[C@H]1O. The Hall–Kier alpha value is -2.28. The number of carbonyl (C=O) groups excluding carboxylic acids is 1. The van der Waals surface area contributed by atoms with Crippen molar-refractivity contribution in [2.24, 2.45) is 7.05 Å². The van der Waals surface area contributed by atoms with Crippen molar-refractivity contribution < 1.29 is 9.90 Å². The zero-order valence-corrected chi connectivity index (χ0v) is 14.0. The molecule has 1 aliphatic rings. The zero-order chi connectivity index (χ0) is 17.1. The number of aryl methyl sites for hydroxylation is 1. The molecule has 24 heavy (non-hydrogen) atoms. The fourth-order valence-electron chi connectivity index (χ4n) is 3.22. The van der Waals surface area contributed by atoms with Crippen LogP contribution in [0.15, 0.2) is 24.5 Å². The van der Waals surface area contributed by atoms with Crippen LogP contribution in [0.2, 0.25) is 0 Å². The molecular weight excluding hydrogens is 306 g/mol. The molecule has 0 bridgehead atoms. The molecule has 128 valence electrons. The number of aromatic nitrogens is 4. The summed E-state index contributed by atoms with van der Waals surface area (Å²) < 4.78 is 1.80. The molecule has 3 atom stereocenters. The first-order valence-corrected chi connectivity index (χ1v) is 8.37. The van der Waals surface area contributed by atoms with Gasteiger partial charge < -0.3 is 10.4 Å². The second kappa shape index (κ2) is 7.09. The fourth-order valence-corrected chi connectivity index (χ4v) is 3.22. The summed E-state index contributed by atoms with van der Waals surface area (Å²) >= 11 is 0. The third-order valence-corrected chi connectivity index (χ3v) is 4.56. The lowest BCUT2D eigenvalue weighted by Gasteiger charge is -2.33. The van der Waals surface area contributed by atoms with Crippen molar-refractivity contribution >= 4 is 5.91 Å². The number of carbonyl (C=O) groups is 1. The maximum Gasteiger partial charge on any atom is 0.220 e. The quantitative estimate of drug-likeness (QED) is 0.884. The number of rotatable bonds is 4. The molecule has 1 amide bonds. The highest BCUT2D eigenvalue weighted by molar-refractivity contribution is 5.75. The molecule has 0 unspecified atom stereocenters. The molecule has 2 aromatic heterocycles. The van der Waals surface area contributed by atoms with E-state index in [1.807, 2.05) is 26.1 Å². The van der Waals surface area contributed by atoms with E-state index in [9.17, 15) is 9.90 Å². The van der Waals surface area contributed by atoms with E-state index in [-0.39, 0.29) is 17.9 Å². The fraction of sp³-hybridized carbons (Fsp3) is 0.529. The van der Waals surface area contributed by atoms with Crippen LogP contribution in [0, 0.1) is 0 Å². The Morgan fingerprint density at radius 2 is 2.29 bits per heavy atom. The van der Waals surface area contributed by atoms with Gasteiger partial charge in [0.05, 0.1) is 12.1 Å². The van der Waals surface area contributed by atoms with Gasteiger partial charge in [-0.2, -0.15) is 5.10 Å². The van der Waals surface area contributed by atoms with Gasteiger partial charge in [-0.25, -0.2) is 4.98 Å². The average Bonchev–Trinajstić information content (AvgIpc) is 2.99. The van der Waals surface area contributed by atoms with E-state index in [1.165, 1.54) is 0 Å². The van der Waals surface area contributed by atoms with Crippen molar-refractivity contribution in [3.63, 3.8) is 0 Å². The zero-order valence-electron chi connectivity index (χ0n) is 14.0. The van der Waals surface area contributed by atoms with Crippen LogP contribution in [0.4, 0.5) is 0 Å². The minimum Gasteiger partial charge on any atom is -0.391 e. The number of nitrogens with one attached hydrogen (secondary N) is 1.